The first kappa shape index (κ1) is 14.7. The summed E-state index contributed by atoms with van der Waals surface area (Å²) in [7, 11) is 1.80. The van der Waals surface area contributed by atoms with Crippen molar-refractivity contribution >= 4 is 21.7 Å². The van der Waals surface area contributed by atoms with Gasteiger partial charge in [-0.25, -0.2) is 4.39 Å². The zero-order valence-electron chi connectivity index (χ0n) is 11.4. The molecule has 6 heteroatoms. The fraction of sp³-hybridized carbons (Fsp3) is 0.286. The van der Waals surface area contributed by atoms with Gasteiger partial charge in [0, 0.05) is 13.1 Å². The van der Waals surface area contributed by atoms with E-state index in [-0.39, 0.29) is 18.1 Å². The highest BCUT2D eigenvalue weighted by Crippen LogP contribution is 2.25. The quantitative estimate of drug-likeness (QED) is 0.801. The van der Waals surface area contributed by atoms with Crippen LogP contribution in [-0.2, 0) is 13.7 Å². The van der Waals surface area contributed by atoms with Crippen molar-refractivity contribution in [1.82, 2.24) is 9.78 Å². The Morgan fingerprint density at radius 2 is 2.20 bits per heavy atom. The Labute approximate surface area is 124 Å². The van der Waals surface area contributed by atoms with E-state index in [0.29, 0.717) is 5.56 Å². The molecule has 0 bridgehead atoms. The van der Waals surface area contributed by atoms with Gasteiger partial charge >= 0.3 is 0 Å². The van der Waals surface area contributed by atoms with Crippen LogP contribution in [0.1, 0.15) is 28.7 Å². The minimum Gasteiger partial charge on any atom is -0.486 e. The summed E-state index contributed by atoms with van der Waals surface area (Å²) in [6, 6.07) is 3.89. The second kappa shape index (κ2) is 5.75. The summed E-state index contributed by atoms with van der Waals surface area (Å²) in [4.78, 5) is 11.5. The molecule has 2 rings (SSSR count). The van der Waals surface area contributed by atoms with Gasteiger partial charge in [-0.15, -0.1) is 0 Å². The number of benzene rings is 1. The van der Waals surface area contributed by atoms with Crippen LogP contribution in [0.4, 0.5) is 4.39 Å². The molecule has 0 N–H and O–H groups in total. The molecule has 0 aliphatic carbocycles. The van der Waals surface area contributed by atoms with Crippen LogP contribution < -0.4 is 4.74 Å². The van der Waals surface area contributed by atoms with Crippen LogP contribution >= 0.6 is 15.9 Å². The van der Waals surface area contributed by atoms with Crippen molar-refractivity contribution in [2.45, 2.75) is 20.5 Å². The van der Waals surface area contributed by atoms with Crippen molar-refractivity contribution in [3.63, 3.8) is 0 Å². The van der Waals surface area contributed by atoms with Gasteiger partial charge in [0.1, 0.15) is 18.2 Å². The van der Waals surface area contributed by atoms with Crippen molar-refractivity contribution in [2.24, 2.45) is 7.05 Å². The highest BCUT2D eigenvalue weighted by molar-refractivity contribution is 9.10. The third kappa shape index (κ3) is 2.90. The van der Waals surface area contributed by atoms with E-state index < -0.39 is 5.82 Å². The van der Waals surface area contributed by atoms with Crippen LogP contribution in [0.2, 0.25) is 0 Å². The van der Waals surface area contributed by atoms with E-state index >= 15 is 0 Å². The lowest BCUT2D eigenvalue weighted by molar-refractivity contribution is 0.101. The molecule has 0 radical (unpaired) electrons. The van der Waals surface area contributed by atoms with E-state index in [1.165, 1.54) is 25.1 Å². The maximum atomic E-state index is 13.3. The van der Waals surface area contributed by atoms with Crippen LogP contribution in [-0.4, -0.2) is 15.6 Å². The predicted octanol–water partition coefficient (Wildman–Crippen LogP) is 3.41. The van der Waals surface area contributed by atoms with E-state index in [2.05, 4.69) is 21.0 Å². The van der Waals surface area contributed by atoms with Crippen LogP contribution in [0, 0.1) is 12.7 Å². The Morgan fingerprint density at radius 1 is 1.50 bits per heavy atom. The third-order valence-corrected chi connectivity index (χ3v) is 3.98. The molecule has 0 atom stereocenters. The molecule has 20 heavy (non-hydrogen) atoms. The molecule has 2 aromatic rings. The second-order valence-electron chi connectivity index (χ2n) is 4.46. The van der Waals surface area contributed by atoms with Gasteiger partial charge in [0.2, 0.25) is 0 Å². The maximum absolute atomic E-state index is 13.3. The second-order valence-corrected chi connectivity index (χ2v) is 5.25. The number of ketones is 1. The zero-order valence-corrected chi connectivity index (χ0v) is 13.0. The normalized spacial score (nSPS) is 10.7. The molecule has 0 spiro atoms. The Bertz CT molecular complexity index is 667. The van der Waals surface area contributed by atoms with E-state index in [1.807, 2.05) is 6.92 Å². The van der Waals surface area contributed by atoms with Crippen molar-refractivity contribution < 1.29 is 13.9 Å². The summed E-state index contributed by atoms with van der Waals surface area (Å²) < 4.78 is 21.4. The van der Waals surface area contributed by atoms with Gasteiger partial charge in [-0.3, -0.25) is 9.48 Å². The van der Waals surface area contributed by atoms with Crippen LogP contribution in [0.5, 0.6) is 5.75 Å². The summed E-state index contributed by atoms with van der Waals surface area (Å²) in [5.41, 5.74) is 2.03. The molecular formula is C14H14BrFN2O2. The van der Waals surface area contributed by atoms with Crippen molar-refractivity contribution in [3.05, 3.63) is 45.4 Å². The number of hydrogen-bond donors (Lipinski definition) is 0. The Hall–Kier alpha value is -1.69. The van der Waals surface area contributed by atoms with E-state index in [4.69, 9.17) is 4.74 Å². The van der Waals surface area contributed by atoms with Crippen molar-refractivity contribution in [3.8, 4) is 5.75 Å². The molecule has 1 heterocycles. The number of hydrogen-bond acceptors (Lipinski definition) is 3. The molecule has 0 fully saturated rings. The Morgan fingerprint density at radius 3 is 2.75 bits per heavy atom. The molecule has 4 nitrogen and oxygen atoms in total. The first-order chi connectivity index (χ1) is 9.40. The van der Waals surface area contributed by atoms with Gasteiger partial charge in [0.15, 0.2) is 5.78 Å². The van der Waals surface area contributed by atoms with E-state index in [1.54, 1.807) is 11.7 Å². The van der Waals surface area contributed by atoms with E-state index in [9.17, 15) is 9.18 Å². The first-order valence-electron chi connectivity index (χ1n) is 6.01. The SMILES string of the molecule is CC(=O)c1ccc(F)cc1OCc1c(Br)c(C)nn1C. The molecule has 0 saturated carbocycles. The lowest BCUT2D eigenvalue weighted by Gasteiger charge is -2.10. The van der Waals surface area contributed by atoms with Gasteiger partial charge < -0.3 is 4.74 Å². The highest BCUT2D eigenvalue weighted by Gasteiger charge is 2.14. The molecule has 0 amide bonds. The van der Waals surface area contributed by atoms with Crippen LogP contribution in [0.25, 0.3) is 0 Å². The lowest BCUT2D eigenvalue weighted by atomic mass is 10.1. The monoisotopic (exact) mass is 340 g/mol. The van der Waals surface area contributed by atoms with Gasteiger partial charge in [0.05, 0.1) is 21.4 Å². The minimum absolute atomic E-state index is 0.166. The fourth-order valence-electron chi connectivity index (χ4n) is 1.89. The zero-order chi connectivity index (χ0) is 14.9. The van der Waals surface area contributed by atoms with E-state index in [0.717, 1.165) is 15.9 Å². The van der Waals surface area contributed by atoms with Crippen molar-refractivity contribution in [1.29, 1.82) is 0 Å². The highest BCUT2D eigenvalue weighted by atomic mass is 79.9. The molecule has 0 unspecified atom stereocenters. The molecule has 1 aromatic carbocycles. The number of halogens is 2. The summed E-state index contributed by atoms with van der Waals surface area (Å²) in [6.07, 6.45) is 0. The maximum Gasteiger partial charge on any atom is 0.163 e. The smallest absolute Gasteiger partial charge is 0.163 e. The molecule has 0 aliphatic rings. The predicted molar refractivity (Wildman–Crippen MR) is 76.4 cm³/mol. The summed E-state index contributed by atoms with van der Waals surface area (Å²) in [6.45, 7) is 3.49. The first-order valence-corrected chi connectivity index (χ1v) is 6.80. The number of aryl methyl sites for hydroxylation is 2. The molecule has 0 aliphatic heterocycles. The Balaban J connectivity index is 2.27. The number of carbonyl (C=O) groups is 1. The molecule has 106 valence electrons. The minimum atomic E-state index is -0.440. The largest absolute Gasteiger partial charge is 0.486 e. The average Bonchev–Trinajstić information content (AvgIpc) is 2.61. The summed E-state index contributed by atoms with van der Waals surface area (Å²) >= 11 is 3.43. The van der Waals surface area contributed by atoms with Crippen LogP contribution in [0.3, 0.4) is 0 Å². The number of Topliss-reactive ketones (excluding diaryl/α,β-unsaturated/α-hetero) is 1. The number of ether oxygens (including phenoxy) is 1. The van der Waals surface area contributed by atoms with Gasteiger partial charge in [-0.05, 0) is 41.9 Å². The van der Waals surface area contributed by atoms with Crippen molar-refractivity contribution in [2.75, 3.05) is 0 Å². The number of nitrogens with zero attached hydrogens (tertiary/aromatic N) is 2. The Kier molecular flexibility index (Phi) is 4.23. The third-order valence-electron chi connectivity index (χ3n) is 2.95. The number of rotatable bonds is 4. The van der Waals surface area contributed by atoms with Gasteiger partial charge in [0.25, 0.3) is 0 Å². The molecule has 1 aromatic heterocycles. The summed E-state index contributed by atoms with van der Waals surface area (Å²) in [5, 5.41) is 4.25. The van der Waals surface area contributed by atoms with Crippen LogP contribution in [0.15, 0.2) is 22.7 Å². The summed E-state index contributed by atoms with van der Waals surface area (Å²) in [5.74, 6) is -0.367. The number of carbonyl (C=O) groups excluding carboxylic acids is 1. The average molecular weight is 341 g/mol. The van der Waals surface area contributed by atoms with Gasteiger partial charge in [-0.1, -0.05) is 0 Å². The van der Waals surface area contributed by atoms with Gasteiger partial charge in [-0.2, -0.15) is 5.10 Å². The number of aromatic nitrogens is 2. The standard InChI is InChI=1S/C14H14BrFN2O2/c1-8-14(15)12(18(3)17-8)7-20-13-6-10(16)4-5-11(13)9(2)19/h4-6H,7H2,1-3H3. The molecule has 0 saturated heterocycles. The topological polar surface area (TPSA) is 44.1 Å². The fourth-order valence-corrected chi connectivity index (χ4v) is 2.34. The lowest BCUT2D eigenvalue weighted by Crippen LogP contribution is -2.06. The molecular weight excluding hydrogens is 327 g/mol.